The van der Waals surface area contributed by atoms with Gasteiger partial charge in [0, 0.05) is 101 Å². The van der Waals surface area contributed by atoms with E-state index in [1.165, 1.54) is 46.4 Å². The van der Waals surface area contributed by atoms with Gasteiger partial charge in [-0.15, -0.1) is 0 Å². The molecule has 8 N–H and O–H groups in total. The zero-order valence-electron chi connectivity index (χ0n) is 53.3. The van der Waals surface area contributed by atoms with Crippen molar-refractivity contribution >= 4 is 88.1 Å². The van der Waals surface area contributed by atoms with Crippen molar-refractivity contribution in [2.24, 2.45) is 20.0 Å². The lowest BCUT2D eigenvalue weighted by Gasteiger charge is -2.31. The van der Waals surface area contributed by atoms with Crippen LogP contribution in [0.3, 0.4) is 0 Å². The fourth-order valence-electron chi connectivity index (χ4n) is 10.4. The molecule has 0 aliphatic carbocycles. The van der Waals surface area contributed by atoms with E-state index >= 15 is 0 Å². The first-order valence-corrected chi connectivity index (χ1v) is 30.5. The van der Waals surface area contributed by atoms with Gasteiger partial charge in [-0.05, 0) is 73.2 Å². The number of imide groups is 1. The van der Waals surface area contributed by atoms with Crippen LogP contribution in [0.5, 0.6) is 11.5 Å². The molecule has 0 saturated carbocycles. The number of ether oxygens (including phenoxy) is 5. The van der Waals surface area contributed by atoms with Crippen molar-refractivity contribution in [2.75, 3.05) is 80.6 Å². The number of fused-ring (bicyclic) bond motifs is 2. The highest BCUT2D eigenvalue weighted by atomic mass is 16.6. The minimum atomic E-state index is -1.60. The van der Waals surface area contributed by atoms with E-state index in [0.29, 0.717) is 28.1 Å². The Labute approximate surface area is 545 Å². The summed E-state index contributed by atoms with van der Waals surface area (Å²) in [5.41, 5.74) is 3.46. The van der Waals surface area contributed by atoms with Crippen LogP contribution in [0, 0.1) is 5.92 Å². The van der Waals surface area contributed by atoms with E-state index in [9.17, 15) is 63.0 Å². The second kappa shape index (κ2) is 32.2. The number of carboxylic acids is 1. The van der Waals surface area contributed by atoms with Gasteiger partial charge in [0.15, 0.2) is 23.5 Å². The summed E-state index contributed by atoms with van der Waals surface area (Å²) in [6.07, 6.45) is 3.05. The number of aromatic carboxylic acids is 1. The summed E-state index contributed by atoms with van der Waals surface area (Å²) in [6.45, 7) is 9.44. The monoisotopic (exact) mass is 1310 g/mol. The van der Waals surface area contributed by atoms with E-state index in [2.05, 4.69) is 43.5 Å². The normalized spacial score (nSPS) is 15.6. The lowest BCUT2D eigenvalue weighted by Crippen LogP contribution is -2.53. The number of nitrogens with zero attached hydrogens (tertiary/aromatic N) is 6. The SMILES string of the molecule is C=C1C[C@H]2[C@H](O)N(C(=O)OCc3ccc(NC(=O)[C@H](C)NC(=O)[C@@H](NC(=O)CCOCCOCCNC(=O)CCN4C(=O)C=CC4=O)C(C)C)cc3)c3cc(OCCCC(=O)Nc4cn(C)c(C(=O)Nc5ccc(-c6cc(C(=O)O)n(C)c6)cc5)n4)c(OC)cc3C(=O)N2C1. The molecule has 10 amide bonds. The second-order valence-electron chi connectivity index (χ2n) is 22.9. The summed E-state index contributed by atoms with van der Waals surface area (Å²) < 4.78 is 31.4. The van der Waals surface area contributed by atoms with Crippen LogP contribution >= 0.6 is 0 Å². The Balaban J connectivity index is 0.778. The summed E-state index contributed by atoms with van der Waals surface area (Å²) in [5, 5.41) is 37.5. The first kappa shape index (κ1) is 70.2. The van der Waals surface area contributed by atoms with Crippen molar-refractivity contribution in [3.05, 3.63) is 126 Å². The number of aliphatic hydroxyl groups is 1. The Morgan fingerprint density at radius 3 is 2.08 bits per heavy atom. The number of carbonyl (C=O) groups is 11. The van der Waals surface area contributed by atoms with E-state index in [1.807, 2.05) is 0 Å². The van der Waals surface area contributed by atoms with Gasteiger partial charge in [0.1, 0.15) is 24.4 Å². The lowest BCUT2D eigenvalue weighted by molar-refractivity contribution is -0.137. The molecular weight excluding hydrogens is 1240 g/mol. The highest BCUT2D eigenvalue weighted by Gasteiger charge is 2.46. The van der Waals surface area contributed by atoms with Crippen LogP contribution in [-0.2, 0) is 68.5 Å². The molecule has 0 radical (unpaired) electrons. The van der Waals surface area contributed by atoms with E-state index in [-0.39, 0.29) is 143 Å². The molecule has 2 aromatic heterocycles. The number of aryl methyl sites for hydroxylation is 2. The second-order valence-corrected chi connectivity index (χ2v) is 22.9. The molecular formula is C65H76N12O18. The molecule has 4 atom stereocenters. The average molecular weight is 1310 g/mol. The van der Waals surface area contributed by atoms with Gasteiger partial charge in [0.05, 0.1) is 57.4 Å². The number of methoxy groups -OCH3 is 1. The van der Waals surface area contributed by atoms with Gasteiger partial charge in [-0.1, -0.05) is 50.3 Å². The van der Waals surface area contributed by atoms with Crippen molar-refractivity contribution in [3.8, 4) is 22.6 Å². The molecule has 0 bridgehead atoms. The molecule has 30 nitrogen and oxygen atoms in total. The Morgan fingerprint density at radius 2 is 1.41 bits per heavy atom. The Morgan fingerprint density at radius 1 is 0.726 bits per heavy atom. The van der Waals surface area contributed by atoms with Crippen LogP contribution in [0.25, 0.3) is 11.1 Å². The summed E-state index contributed by atoms with van der Waals surface area (Å²) >= 11 is 0. The smallest absolute Gasteiger partial charge is 0.416 e. The molecule has 5 heterocycles. The maximum absolute atomic E-state index is 14.2. The molecule has 30 heteroatoms. The number of amides is 10. The van der Waals surface area contributed by atoms with Gasteiger partial charge in [-0.3, -0.25) is 48.1 Å². The molecule has 95 heavy (non-hydrogen) atoms. The summed E-state index contributed by atoms with van der Waals surface area (Å²) in [5.74, 6) is -5.45. The molecule has 1 fully saturated rings. The van der Waals surface area contributed by atoms with E-state index in [1.54, 1.807) is 88.7 Å². The molecule has 3 aromatic carbocycles. The van der Waals surface area contributed by atoms with Gasteiger partial charge >= 0.3 is 12.1 Å². The van der Waals surface area contributed by atoms with Gasteiger partial charge in [0.2, 0.25) is 35.4 Å². The van der Waals surface area contributed by atoms with Gasteiger partial charge < -0.3 is 79.8 Å². The Bertz CT molecular complexity index is 3750. The molecule has 5 aromatic rings. The van der Waals surface area contributed by atoms with E-state index in [0.717, 1.165) is 27.5 Å². The van der Waals surface area contributed by atoms with Crippen molar-refractivity contribution in [1.29, 1.82) is 0 Å². The number of aliphatic hydroxyl groups excluding tert-OH is 1. The minimum Gasteiger partial charge on any atom is -0.493 e. The molecule has 8 rings (SSSR count). The van der Waals surface area contributed by atoms with Crippen LogP contribution in [-0.4, -0.2) is 183 Å². The zero-order valence-corrected chi connectivity index (χ0v) is 53.3. The fourth-order valence-corrected chi connectivity index (χ4v) is 10.4. The molecule has 3 aliphatic heterocycles. The Hall–Kier alpha value is -10.7. The van der Waals surface area contributed by atoms with E-state index in [4.69, 9.17) is 23.7 Å². The number of imidazole rings is 1. The highest BCUT2D eigenvalue weighted by Crippen LogP contribution is 2.42. The number of aromatic nitrogens is 3. The number of nitrogens with one attached hydrogen (secondary N) is 6. The number of anilines is 4. The summed E-state index contributed by atoms with van der Waals surface area (Å²) in [4.78, 5) is 149. The van der Waals surface area contributed by atoms with E-state index < -0.39 is 83.7 Å². The van der Waals surface area contributed by atoms with Crippen LogP contribution in [0.2, 0.25) is 0 Å². The molecule has 0 spiro atoms. The maximum Gasteiger partial charge on any atom is 0.416 e. The third-order valence-corrected chi connectivity index (χ3v) is 15.5. The number of hydrogen-bond donors (Lipinski definition) is 8. The molecule has 0 unspecified atom stereocenters. The number of carbonyl (C=O) groups excluding carboxylic acids is 10. The molecule has 504 valence electrons. The van der Waals surface area contributed by atoms with Crippen LogP contribution in [0.15, 0.2) is 103 Å². The highest BCUT2D eigenvalue weighted by molar-refractivity contribution is 6.13. The lowest BCUT2D eigenvalue weighted by atomic mass is 10.0. The predicted molar refractivity (Wildman–Crippen MR) is 342 cm³/mol. The maximum atomic E-state index is 14.2. The van der Waals surface area contributed by atoms with Crippen molar-refractivity contribution in [1.82, 2.24) is 39.9 Å². The van der Waals surface area contributed by atoms with Crippen LogP contribution < -0.4 is 46.3 Å². The molecule has 3 aliphatic rings. The first-order valence-electron chi connectivity index (χ1n) is 30.5. The van der Waals surface area contributed by atoms with Crippen LogP contribution in [0.1, 0.15) is 89.9 Å². The quantitative estimate of drug-likeness (QED) is 0.0177. The van der Waals surface area contributed by atoms with Crippen molar-refractivity contribution in [3.63, 3.8) is 0 Å². The summed E-state index contributed by atoms with van der Waals surface area (Å²) in [6, 6.07) is 14.5. The van der Waals surface area contributed by atoms with Crippen LogP contribution in [0.4, 0.5) is 27.7 Å². The summed E-state index contributed by atoms with van der Waals surface area (Å²) in [7, 11) is 4.60. The fraction of sp³-hybridized carbons (Fsp3) is 0.385. The number of rotatable bonds is 31. The minimum absolute atomic E-state index is 0.00475. The van der Waals surface area contributed by atoms with Crippen molar-refractivity contribution in [2.45, 2.75) is 83.8 Å². The average Bonchev–Trinajstić information content (AvgIpc) is 1.64. The third kappa shape index (κ3) is 18.3. The third-order valence-electron chi connectivity index (χ3n) is 15.5. The topological polar surface area (TPSA) is 379 Å². The van der Waals surface area contributed by atoms with Gasteiger partial charge in [0.25, 0.3) is 23.6 Å². The number of hydrogen-bond acceptors (Lipinski definition) is 18. The largest absolute Gasteiger partial charge is 0.493 e. The standard InChI is InChI=1S/C65H76N12O18/c1-37(2)57(72-54(80)21-25-92-27-28-93-26-22-66-52(78)20-23-75-55(81)18-19-56(75)82)60(84)67-39(4)59(83)68-43-14-10-40(11-15-43)36-95-65(90)77-46-32-50(49(91-7)31-45(46)62(86)76-33-38(3)29-47(76)63(77)87)94-24-8-9-53(79)70-51-35-74(6)58(71-51)61(85)69-44-16-12-41(13-17-44)42-30-48(64(88)89)73(5)34-42/h10-19,30-32,34-35,37,39,47,57,63,87H,3,8-9,20-29,33,36H2,1-2,4-7H3,(H,66,78)(H,67,84)(H,68,83)(H,69,85)(H,70,79)(H,72,80)(H,88,89)/t39-,47-,57-,63-/m0/s1. The predicted octanol–water partition coefficient (Wildman–Crippen LogP) is 3.87. The van der Waals surface area contributed by atoms with Gasteiger partial charge in [-0.2, -0.15) is 0 Å². The van der Waals surface area contributed by atoms with Crippen molar-refractivity contribution < 1.29 is 86.6 Å². The molecule has 1 saturated heterocycles. The number of carboxylic acid groups (broad SMARTS) is 1. The van der Waals surface area contributed by atoms with Gasteiger partial charge in [-0.25, -0.2) is 19.5 Å². The number of benzene rings is 3. The Kier molecular flexibility index (Phi) is 23.8. The first-order chi connectivity index (χ1) is 45.4. The zero-order chi connectivity index (χ0) is 68.6.